The van der Waals surface area contributed by atoms with Gasteiger partial charge in [0.15, 0.2) is 0 Å². The van der Waals surface area contributed by atoms with Gasteiger partial charge in [-0.15, -0.1) is 0 Å². The van der Waals surface area contributed by atoms with Crippen LogP contribution in [0.3, 0.4) is 0 Å². The first kappa shape index (κ1) is 30.0. The van der Waals surface area contributed by atoms with Crippen molar-refractivity contribution in [3.63, 3.8) is 0 Å². The molecule has 52 heavy (non-hydrogen) atoms. The number of hydrogen-bond acceptors (Lipinski definition) is 2. The summed E-state index contributed by atoms with van der Waals surface area (Å²) in [4.78, 5) is 2.36. The maximum atomic E-state index is 6.54. The van der Waals surface area contributed by atoms with Crippen molar-refractivity contribution in [3.05, 3.63) is 200 Å². The quantitative estimate of drug-likeness (QED) is 0.165. The van der Waals surface area contributed by atoms with E-state index in [4.69, 9.17) is 4.42 Å². The first-order valence-corrected chi connectivity index (χ1v) is 17.8. The Morgan fingerprint density at radius 1 is 0.308 bits per heavy atom. The van der Waals surface area contributed by atoms with E-state index < -0.39 is 0 Å². The molecule has 9 aromatic carbocycles. The van der Waals surface area contributed by atoms with E-state index >= 15 is 0 Å². The number of hydrogen-bond donors (Lipinski definition) is 0. The van der Waals surface area contributed by atoms with Crippen LogP contribution in [-0.2, 0) is 0 Å². The molecule has 0 radical (unpaired) electrons. The minimum atomic E-state index is 0.869. The molecule has 10 rings (SSSR count). The van der Waals surface area contributed by atoms with Crippen LogP contribution in [0.2, 0.25) is 0 Å². The van der Waals surface area contributed by atoms with Gasteiger partial charge in [-0.25, -0.2) is 0 Å². The second-order valence-electron chi connectivity index (χ2n) is 13.4. The molecule has 0 saturated carbocycles. The topological polar surface area (TPSA) is 16.4 Å². The standard InChI is InChI=1S/C50H33NO/c1-4-13-34(14-5-1)39-30-40(35-15-6-2-7-16-35)32-43(31-39)51(41-18-8-3-9-19-41)42-26-28-48-47(33-42)50-46(21-12-22-49(50)52-48)38-25-27-45-37(29-38)24-23-36-17-10-11-20-44(36)45/h1-33H. The molecule has 0 aliphatic heterocycles. The largest absolute Gasteiger partial charge is 0.456 e. The van der Waals surface area contributed by atoms with Gasteiger partial charge in [0.1, 0.15) is 11.2 Å². The van der Waals surface area contributed by atoms with E-state index in [1.807, 2.05) is 0 Å². The van der Waals surface area contributed by atoms with Crippen LogP contribution in [0.5, 0.6) is 0 Å². The Labute approximate surface area is 302 Å². The van der Waals surface area contributed by atoms with Gasteiger partial charge in [0.25, 0.3) is 0 Å². The smallest absolute Gasteiger partial charge is 0.136 e. The van der Waals surface area contributed by atoms with E-state index in [0.29, 0.717) is 0 Å². The van der Waals surface area contributed by atoms with E-state index in [1.54, 1.807) is 0 Å². The van der Waals surface area contributed by atoms with Crippen molar-refractivity contribution < 1.29 is 4.42 Å². The summed E-state index contributed by atoms with van der Waals surface area (Å²) >= 11 is 0. The Morgan fingerprint density at radius 2 is 0.962 bits per heavy atom. The van der Waals surface area contributed by atoms with Crippen LogP contribution in [-0.4, -0.2) is 0 Å². The average molecular weight is 664 g/mol. The van der Waals surface area contributed by atoms with E-state index in [2.05, 4.69) is 205 Å². The third-order valence-corrected chi connectivity index (χ3v) is 10.2. The van der Waals surface area contributed by atoms with Gasteiger partial charge in [0.05, 0.1) is 0 Å². The van der Waals surface area contributed by atoms with Gasteiger partial charge in [0.2, 0.25) is 0 Å². The number of benzene rings is 9. The zero-order chi connectivity index (χ0) is 34.4. The monoisotopic (exact) mass is 663 g/mol. The van der Waals surface area contributed by atoms with Crippen molar-refractivity contribution >= 4 is 60.5 Å². The number of fused-ring (bicyclic) bond motifs is 6. The summed E-state index contributed by atoms with van der Waals surface area (Å²) < 4.78 is 6.54. The van der Waals surface area contributed by atoms with Crippen LogP contribution < -0.4 is 4.90 Å². The Balaban J connectivity index is 1.18. The fraction of sp³-hybridized carbons (Fsp3) is 0. The number of furan rings is 1. The summed E-state index contributed by atoms with van der Waals surface area (Å²) in [7, 11) is 0. The molecular formula is C50H33NO. The molecule has 1 heterocycles. The van der Waals surface area contributed by atoms with E-state index in [-0.39, 0.29) is 0 Å². The van der Waals surface area contributed by atoms with Crippen LogP contribution in [0.1, 0.15) is 0 Å². The van der Waals surface area contributed by atoms with Crippen LogP contribution in [0, 0.1) is 0 Å². The Bertz CT molecular complexity index is 2830. The third kappa shape index (κ3) is 5.21. The molecule has 0 aliphatic rings. The molecule has 0 aliphatic carbocycles. The van der Waals surface area contributed by atoms with E-state index in [1.165, 1.54) is 49.4 Å². The highest BCUT2D eigenvalue weighted by atomic mass is 16.3. The average Bonchev–Trinajstić information content (AvgIpc) is 3.60. The number of rotatable bonds is 6. The molecule has 0 spiro atoms. The van der Waals surface area contributed by atoms with E-state index in [9.17, 15) is 0 Å². The zero-order valence-corrected chi connectivity index (χ0v) is 28.4. The predicted molar refractivity (Wildman–Crippen MR) is 220 cm³/mol. The van der Waals surface area contributed by atoms with Crippen molar-refractivity contribution in [2.24, 2.45) is 0 Å². The highest BCUT2D eigenvalue weighted by molar-refractivity contribution is 6.15. The molecule has 2 nitrogen and oxygen atoms in total. The highest BCUT2D eigenvalue weighted by Crippen LogP contribution is 2.44. The lowest BCUT2D eigenvalue weighted by Crippen LogP contribution is -2.10. The van der Waals surface area contributed by atoms with Gasteiger partial charge in [-0.1, -0.05) is 140 Å². The highest BCUT2D eigenvalue weighted by Gasteiger charge is 2.19. The molecule has 0 bridgehead atoms. The van der Waals surface area contributed by atoms with Crippen LogP contribution >= 0.6 is 0 Å². The summed E-state index contributed by atoms with van der Waals surface area (Å²) in [5, 5.41) is 7.23. The maximum absolute atomic E-state index is 6.54. The molecule has 0 atom stereocenters. The normalized spacial score (nSPS) is 11.5. The molecule has 0 saturated heterocycles. The molecule has 2 heteroatoms. The van der Waals surface area contributed by atoms with Crippen molar-refractivity contribution in [1.29, 1.82) is 0 Å². The Kier molecular flexibility index (Phi) is 7.18. The van der Waals surface area contributed by atoms with Crippen LogP contribution in [0.4, 0.5) is 17.1 Å². The van der Waals surface area contributed by atoms with Crippen molar-refractivity contribution in [3.8, 4) is 33.4 Å². The SMILES string of the molecule is c1ccc(-c2cc(-c3ccccc3)cc(N(c3ccccc3)c3ccc4oc5cccc(-c6ccc7c(ccc8ccccc87)c6)c5c4c3)c2)cc1. The maximum Gasteiger partial charge on any atom is 0.136 e. The first-order chi connectivity index (χ1) is 25.8. The zero-order valence-electron chi connectivity index (χ0n) is 28.4. The minimum Gasteiger partial charge on any atom is -0.456 e. The lowest BCUT2D eigenvalue weighted by molar-refractivity contribution is 0.669. The molecule has 0 amide bonds. The number of para-hydroxylation sites is 1. The van der Waals surface area contributed by atoms with Crippen molar-refractivity contribution in [2.45, 2.75) is 0 Å². The summed E-state index contributed by atoms with van der Waals surface area (Å²) in [6.07, 6.45) is 0. The second kappa shape index (κ2) is 12.5. The molecule has 1 aromatic heterocycles. The fourth-order valence-corrected chi connectivity index (χ4v) is 7.73. The Hall–Kier alpha value is -6.90. The van der Waals surface area contributed by atoms with Gasteiger partial charge in [0, 0.05) is 27.8 Å². The minimum absolute atomic E-state index is 0.869. The van der Waals surface area contributed by atoms with Crippen LogP contribution in [0.25, 0.3) is 76.9 Å². The second-order valence-corrected chi connectivity index (χ2v) is 13.4. The third-order valence-electron chi connectivity index (χ3n) is 10.2. The first-order valence-electron chi connectivity index (χ1n) is 17.8. The lowest BCUT2D eigenvalue weighted by atomic mass is 9.95. The molecule has 244 valence electrons. The van der Waals surface area contributed by atoms with Gasteiger partial charge < -0.3 is 9.32 Å². The summed E-state index contributed by atoms with van der Waals surface area (Å²) in [6.45, 7) is 0. The molecule has 0 unspecified atom stereocenters. The summed E-state index contributed by atoms with van der Waals surface area (Å²) in [5.74, 6) is 0. The van der Waals surface area contributed by atoms with Crippen molar-refractivity contribution in [1.82, 2.24) is 0 Å². The molecule has 10 aromatic rings. The molecule has 0 fully saturated rings. The number of nitrogens with zero attached hydrogens (tertiary/aromatic N) is 1. The fourth-order valence-electron chi connectivity index (χ4n) is 7.73. The summed E-state index contributed by atoms with van der Waals surface area (Å²) in [6, 6.07) is 71.7. The Morgan fingerprint density at radius 3 is 1.71 bits per heavy atom. The number of anilines is 3. The van der Waals surface area contributed by atoms with Crippen molar-refractivity contribution in [2.75, 3.05) is 4.90 Å². The summed E-state index contributed by atoms with van der Waals surface area (Å²) in [5.41, 5.74) is 12.0. The van der Waals surface area contributed by atoms with Gasteiger partial charge >= 0.3 is 0 Å². The van der Waals surface area contributed by atoms with Gasteiger partial charge in [-0.3, -0.25) is 0 Å². The molecule has 0 N–H and O–H groups in total. The lowest BCUT2D eigenvalue weighted by Gasteiger charge is -2.27. The van der Waals surface area contributed by atoms with E-state index in [0.717, 1.165) is 44.6 Å². The van der Waals surface area contributed by atoms with Gasteiger partial charge in [-0.2, -0.15) is 0 Å². The predicted octanol–water partition coefficient (Wildman–Crippen LogP) is 14.4. The van der Waals surface area contributed by atoms with Gasteiger partial charge in [-0.05, 0) is 116 Å². The van der Waals surface area contributed by atoms with Crippen LogP contribution in [0.15, 0.2) is 205 Å². The molecular weight excluding hydrogens is 631 g/mol.